The zero-order chi connectivity index (χ0) is 20.1. The van der Waals surface area contributed by atoms with Crippen LogP contribution in [0.5, 0.6) is 0 Å². The zero-order valence-electron chi connectivity index (χ0n) is 15.0. The Morgan fingerprint density at radius 3 is 2.54 bits per heavy atom. The summed E-state index contributed by atoms with van der Waals surface area (Å²) in [5.41, 5.74) is 0.726. The molecule has 1 fully saturated rings. The number of benzene rings is 2. The lowest BCUT2D eigenvalue weighted by Gasteiger charge is -2.16. The molecule has 1 heterocycles. The summed E-state index contributed by atoms with van der Waals surface area (Å²) < 4.78 is 38.1. The van der Waals surface area contributed by atoms with Gasteiger partial charge in [-0.15, -0.1) is 11.8 Å². The van der Waals surface area contributed by atoms with Crippen LogP contribution in [0.2, 0.25) is 0 Å². The van der Waals surface area contributed by atoms with Crippen molar-refractivity contribution in [2.75, 3.05) is 22.5 Å². The summed E-state index contributed by atoms with van der Waals surface area (Å²) in [7, 11) is 0. The van der Waals surface area contributed by atoms with E-state index in [4.69, 9.17) is 0 Å². The molecule has 1 aliphatic rings. The van der Waals surface area contributed by atoms with E-state index in [0.717, 1.165) is 24.2 Å². The first-order valence-corrected chi connectivity index (χ1v) is 9.82. The standard InChI is InChI=1S/C20H19F3N2O2S/c21-20(22,23)14-3-1-4-17(13-14)28-12-10-18(26)24-15-6-8-16(9-7-15)25-11-2-5-19(25)27/h1,3-4,6-9,13H,2,5,10-12H2,(H,24,26). The molecule has 0 bridgehead atoms. The summed E-state index contributed by atoms with van der Waals surface area (Å²) in [5.74, 6) is 0.251. The van der Waals surface area contributed by atoms with Crippen LogP contribution in [-0.4, -0.2) is 24.1 Å². The maximum atomic E-state index is 12.7. The molecule has 1 aliphatic heterocycles. The van der Waals surface area contributed by atoms with Gasteiger partial charge in [0, 0.05) is 41.4 Å². The van der Waals surface area contributed by atoms with Crippen LogP contribution in [0.4, 0.5) is 24.5 Å². The van der Waals surface area contributed by atoms with Crippen LogP contribution in [0.1, 0.15) is 24.8 Å². The molecule has 148 valence electrons. The first-order chi connectivity index (χ1) is 13.3. The highest BCUT2D eigenvalue weighted by Crippen LogP contribution is 2.32. The minimum atomic E-state index is -4.38. The second-order valence-corrected chi connectivity index (χ2v) is 7.54. The Kier molecular flexibility index (Phi) is 6.28. The van der Waals surface area contributed by atoms with Crippen LogP contribution in [0.25, 0.3) is 0 Å². The van der Waals surface area contributed by atoms with Crippen LogP contribution in [0.3, 0.4) is 0 Å². The van der Waals surface area contributed by atoms with Gasteiger partial charge < -0.3 is 10.2 Å². The second-order valence-electron chi connectivity index (χ2n) is 6.37. The molecule has 28 heavy (non-hydrogen) atoms. The number of carbonyl (C=O) groups excluding carboxylic acids is 2. The molecule has 0 aliphatic carbocycles. The van der Waals surface area contributed by atoms with E-state index in [1.165, 1.54) is 17.8 Å². The molecule has 0 atom stereocenters. The summed E-state index contributed by atoms with van der Waals surface area (Å²) in [6.07, 6.45) is -2.80. The normalized spacial score (nSPS) is 14.4. The molecule has 0 spiro atoms. The van der Waals surface area contributed by atoms with E-state index < -0.39 is 11.7 Å². The molecule has 2 aromatic rings. The largest absolute Gasteiger partial charge is 0.416 e. The Bertz CT molecular complexity index is 853. The fourth-order valence-corrected chi connectivity index (χ4v) is 3.80. The van der Waals surface area contributed by atoms with Crippen molar-refractivity contribution in [1.82, 2.24) is 0 Å². The summed E-state index contributed by atoms with van der Waals surface area (Å²) in [4.78, 5) is 26.0. The molecule has 3 rings (SSSR count). The Hall–Kier alpha value is -2.48. The topological polar surface area (TPSA) is 49.4 Å². The lowest BCUT2D eigenvalue weighted by atomic mass is 10.2. The first-order valence-electron chi connectivity index (χ1n) is 8.83. The van der Waals surface area contributed by atoms with Crippen molar-refractivity contribution in [3.8, 4) is 0 Å². The van der Waals surface area contributed by atoms with Gasteiger partial charge >= 0.3 is 6.18 Å². The highest BCUT2D eigenvalue weighted by atomic mass is 32.2. The van der Waals surface area contributed by atoms with Gasteiger partial charge in [-0.05, 0) is 48.9 Å². The average molecular weight is 408 g/mol. The van der Waals surface area contributed by atoms with E-state index in [1.807, 2.05) is 0 Å². The third-order valence-electron chi connectivity index (χ3n) is 4.30. The molecule has 1 N–H and O–H groups in total. The molecule has 0 saturated carbocycles. The summed E-state index contributed by atoms with van der Waals surface area (Å²) in [6, 6.07) is 12.1. The number of hydrogen-bond donors (Lipinski definition) is 1. The minimum absolute atomic E-state index is 0.100. The molecule has 0 unspecified atom stereocenters. The molecular formula is C20H19F3N2O2S. The maximum Gasteiger partial charge on any atom is 0.416 e. The highest BCUT2D eigenvalue weighted by molar-refractivity contribution is 7.99. The number of rotatable bonds is 6. The van der Waals surface area contributed by atoms with Crippen molar-refractivity contribution in [3.05, 3.63) is 54.1 Å². The van der Waals surface area contributed by atoms with E-state index in [-0.39, 0.29) is 18.2 Å². The van der Waals surface area contributed by atoms with Gasteiger partial charge in [-0.25, -0.2) is 0 Å². The van der Waals surface area contributed by atoms with Crippen molar-refractivity contribution in [1.29, 1.82) is 0 Å². The van der Waals surface area contributed by atoms with Crippen molar-refractivity contribution in [2.45, 2.75) is 30.3 Å². The van der Waals surface area contributed by atoms with Gasteiger partial charge in [0.25, 0.3) is 0 Å². The Morgan fingerprint density at radius 2 is 1.89 bits per heavy atom. The minimum Gasteiger partial charge on any atom is -0.326 e. The van der Waals surface area contributed by atoms with Crippen LogP contribution in [-0.2, 0) is 15.8 Å². The van der Waals surface area contributed by atoms with Crippen molar-refractivity contribution >= 4 is 35.0 Å². The molecule has 1 saturated heterocycles. The van der Waals surface area contributed by atoms with Gasteiger partial charge in [0.05, 0.1) is 5.56 Å². The predicted octanol–water partition coefficient (Wildman–Crippen LogP) is 4.95. The van der Waals surface area contributed by atoms with Gasteiger partial charge in [0.15, 0.2) is 0 Å². The quantitative estimate of drug-likeness (QED) is 0.688. The van der Waals surface area contributed by atoms with Crippen LogP contribution in [0.15, 0.2) is 53.4 Å². The number of nitrogens with zero attached hydrogens (tertiary/aromatic N) is 1. The van der Waals surface area contributed by atoms with Gasteiger partial charge in [-0.1, -0.05) is 6.07 Å². The van der Waals surface area contributed by atoms with Crippen LogP contribution >= 0.6 is 11.8 Å². The van der Waals surface area contributed by atoms with E-state index in [2.05, 4.69) is 5.32 Å². The van der Waals surface area contributed by atoms with E-state index in [9.17, 15) is 22.8 Å². The van der Waals surface area contributed by atoms with Gasteiger partial charge in [-0.3, -0.25) is 9.59 Å². The lowest BCUT2D eigenvalue weighted by molar-refractivity contribution is -0.137. The summed E-state index contributed by atoms with van der Waals surface area (Å²) in [6.45, 7) is 0.706. The number of alkyl halides is 3. The van der Waals surface area contributed by atoms with Crippen LogP contribution in [0, 0.1) is 0 Å². The lowest BCUT2D eigenvalue weighted by Crippen LogP contribution is -2.23. The second kappa shape index (κ2) is 8.68. The summed E-state index contributed by atoms with van der Waals surface area (Å²) >= 11 is 1.20. The molecule has 2 amide bonds. The predicted molar refractivity (Wildman–Crippen MR) is 103 cm³/mol. The smallest absolute Gasteiger partial charge is 0.326 e. The van der Waals surface area contributed by atoms with E-state index in [0.29, 0.717) is 29.3 Å². The van der Waals surface area contributed by atoms with Crippen molar-refractivity contribution < 1.29 is 22.8 Å². The molecule has 8 heteroatoms. The first kappa shape index (κ1) is 20.3. The number of amides is 2. The maximum absolute atomic E-state index is 12.7. The fraction of sp³-hybridized carbons (Fsp3) is 0.300. The third kappa shape index (κ3) is 5.28. The number of anilines is 2. The molecule has 0 aromatic heterocycles. The van der Waals surface area contributed by atoms with Gasteiger partial charge in [0.2, 0.25) is 11.8 Å². The Balaban J connectivity index is 1.47. The third-order valence-corrected chi connectivity index (χ3v) is 5.29. The van der Waals surface area contributed by atoms with E-state index >= 15 is 0 Å². The van der Waals surface area contributed by atoms with Gasteiger partial charge in [-0.2, -0.15) is 13.2 Å². The number of thioether (sulfide) groups is 1. The number of halogens is 3. The van der Waals surface area contributed by atoms with Crippen molar-refractivity contribution in [2.24, 2.45) is 0 Å². The number of carbonyl (C=O) groups is 2. The molecular weight excluding hydrogens is 389 g/mol. The fourth-order valence-electron chi connectivity index (χ4n) is 2.89. The average Bonchev–Trinajstić information content (AvgIpc) is 3.08. The number of hydrogen-bond acceptors (Lipinski definition) is 3. The van der Waals surface area contributed by atoms with Crippen LogP contribution < -0.4 is 10.2 Å². The highest BCUT2D eigenvalue weighted by Gasteiger charge is 2.30. The SMILES string of the molecule is O=C(CCSc1cccc(C(F)(F)F)c1)Nc1ccc(N2CCCC2=O)cc1. The number of nitrogens with one attached hydrogen (secondary N) is 1. The Morgan fingerprint density at radius 1 is 1.14 bits per heavy atom. The molecule has 2 aromatic carbocycles. The molecule has 0 radical (unpaired) electrons. The monoisotopic (exact) mass is 408 g/mol. The summed E-state index contributed by atoms with van der Waals surface area (Å²) in [5, 5.41) is 2.76. The molecule has 4 nitrogen and oxygen atoms in total. The van der Waals surface area contributed by atoms with Gasteiger partial charge in [0.1, 0.15) is 0 Å². The van der Waals surface area contributed by atoms with E-state index in [1.54, 1.807) is 35.2 Å². The Labute approximate surface area is 165 Å². The van der Waals surface area contributed by atoms with Crippen molar-refractivity contribution in [3.63, 3.8) is 0 Å². The zero-order valence-corrected chi connectivity index (χ0v) is 15.8.